The van der Waals surface area contributed by atoms with Crippen LogP contribution >= 0.6 is 0 Å². The summed E-state index contributed by atoms with van der Waals surface area (Å²) < 4.78 is 0. The Morgan fingerprint density at radius 2 is 1.25 bits per heavy atom. The molecule has 2 amide bonds. The Morgan fingerprint density at radius 1 is 0.833 bits per heavy atom. The monoisotopic (exact) mass is 326 g/mol. The summed E-state index contributed by atoms with van der Waals surface area (Å²) in [6.07, 6.45) is 4.85. The van der Waals surface area contributed by atoms with Crippen molar-refractivity contribution in [2.45, 2.75) is 26.7 Å². The highest BCUT2D eigenvalue weighted by molar-refractivity contribution is 5.94. The molecule has 126 valence electrons. The lowest BCUT2D eigenvalue weighted by Gasteiger charge is -2.07. The molecular weight excluding hydrogens is 304 g/mol. The van der Waals surface area contributed by atoms with Gasteiger partial charge in [-0.25, -0.2) is 0 Å². The summed E-state index contributed by atoms with van der Waals surface area (Å²) in [5.41, 5.74) is 2.86. The SMILES string of the molecule is Cc1cc(C(=O)NCCCCNC(=O)c2ccnc(C)c2)ccn1. The minimum absolute atomic E-state index is 0.100. The third-order valence-electron chi connectivity index (χ3n) is 3.49. The minimum Gasteiger partial charge on any atom is -0.352 e. The van der Waals surface area contributed by atoms with Crippen molar-refractivity contribution in [3.05, 3.63) is 59.2 Å². The Morgan fingerprint density at radius 3 is 1.62 bits per heavy atom. The fourth-order valence-electron chi connectivity index (χ4n) is 2.23. The van der Waals surface area contributed by atoms with Crippen LogP contribution in [0.1, 0.15) is 44.9 Å². The molecule has 0 aromatic carbocycles. The molecule has 0 bridgehead atoms. The van der Waals surface area contributed by atoms with Crippen LogP contribution in [0.2, 0.25) is 0 Å². The zero-order chi connectivity index (χ0) is 17.4. The summed E-state index contributed by atoms with van der Waals surface area (Å²) in [5, 5.41) is 5.73. The maximum absolute atomic E-state index is 11.9. The van der Waals surface area contributed by atoms with Crippen molar-refractivity contribution in [3.8, 4) is 0 Å². The van der Waals surface area contributed by atoms with Crippen molar-refractivity contribution in [2.75, 3.05) is 13.1 Å². The molecule has 2 heterocycles. The van der Waals surface area contributed by atoms with Gasteiger partial charge in [0, 0.05) is 48.0 Å². The highest BCUT2D eigenvalue weighted by Crippen LogP contribution is 2.01. The molecule has 0 fully saturated rings. The van der Waals surface area contributed by atoms with Crippen molar-refractivity contribution >= 4 is 11.8 Å². The second-order valence-electron chi connectivity index (χ2n) is 5.59. The standard InChI is InChI=1S/C18H22N4O2/c1-13-11-15(5-9-19-13)17(23)21-7-3-4-8-22-18(24)16-6-10-20-14(2)12-16/h5-6,9-12H,3-4,7-8H2,1-2H3,(H,21,23)(H,22,24). The predicted molar refractivity (Wildman–Crippen MR) is 91.8 cm³/mol. The fraction of sp³-hybridized carbons (Fsp3) is 0.333. The zero-order valence-electron chi connectivity index (χ0n) is 14.0. The lowest BCUT2D eigenvalue weighted by atomic mass is 10.2. The molecule has 0 saturated carbocycles. The molecule has 2 rings (SSSR count). The van der Waals surface area contributed by atoms with Crippen molar-refractivity contribution in [1.82, 2.24) is 20.6 Å². The maximum atomic E-state index is 11.9. The van der Waals surface area contributed by atoms with Crippen LogP contribution in [-0.4, -0.2) is 34.9 Å². The first kappa shape index (κ1) is 17.6. The Balaban J connectivity index is 1.63. The lowest BCUT2D eigenvalue weighted by molar-refractivity contribution is 0.0939. The summed E-state index contributed by atoms with van der Waals surface area (Å²) in [6.45, 7) is 4.85. The van der Waals surface area contributed by atoms with E-state index in [1.165, 1.54) is 0 Å². The van der Waals surface area contributed by atoms with E-state index in [0.29, 0.717) is 24.2 Å². The van der Waals surface area contributed by atoms with E-state index in [0.717, 1.165) is 24.2 Å². The molecule has 0 aliphatic carbocycles. The van der Waals surface area contributed by atoms with Gasteiger partial charge in [0.1, 0.15) is 0 Å². The first-order chi connectivity index (χ1) is 11.6. The molecule has 2 N–H and O–H groups in total. The van der Waals surface area contributed by atoms with Gasteiger partial charge in [-0.3, -0.25) is 19.6 Å². The number of rotatable bonds is 7. The van der Waals surface area contributed by atoms with E-state index in [2.05, 4.69) is 20.6 Å². The molecule has 0 spiro atoms. The van der Waals surface area contributed by atoms with Crippen molar-refractivity contribution < 1.29 is 9.59 Å². The maximum Gasteiger partial charge on any atom is 0.251 e. The molecule has 0 aliphatic rings. The van der Waals surface area contributed by atoms with Gasteiger partial charge >= 0.3 is 0 Å². The molecule has 6 nitrogen and oxygen atoms in total. The van der Waals surface area contributed by atoms with Crippen LogP contribution in [0.5, 0.6) is 0 Å². The number of carbonyl (C=O) groups is 2. The van der Waals surface area contributed by atoms with Crippen LogP contribution in [0.4, 0.5) is 0 Å². The molecule has 0 unspecified atom stereocenters. The number of hydrogen-bond donors (Lipinski definition) is 2. The molecule has 2 aromatic rings. The first-order valence-electron chi connectivity index (χ1n) is 7.98. The van der Waals surface area contributed by atoms with E-state index >= 15 is 0 Å². The topological polar surface area (TPSA) is 84.0 Å². The number of aryl methyl sites for hydroxylation is 2. The second kappa shape index (κ2) is 8.76. The Bertz CT molecular complexity index is 654. The third-order valence-corrected chi connectivity index (χ3v) is 3.49. The van der Waals surface area contributed by atoms with Gasteiger partial charge in [0.2, 0.25) is 0 Å². The van der Waals surface area contributed by atoms with E-state index in [1.807, 2.05) is 13.8 Å². The van der Waals surface area contributed by atoms with Crippen LogP contribution in [0.3, 0.4) is 0 Å². The van der Waals surface area contributed by atoms with Crippen LogP contribution in [0, 0.1) is 13.8 Å². The van der Waals surface area contributed by atoms with E-state index in [1.54, 1.807) is 36.7 Å². The molecular formula is C18H22N4O2. The van der Waals surface area contributed by atoms with Gasteiger partial charge in [-0.15, -0.1) is 0 Å². The van der Waals surface area contributed by atoms with E-state index in [-0.39, 0.29) is 11.8 Å². The van der Waals surface area contributed by atoms with Crippen LogP contribution in [0.15, 0.2) is 36.7 Å². The number of aromatic nitrogens is 2. The summed E-state index contributed by atoms with van der Waals surface area (Å²) in [4.78, 5) is 32.0. The average Bonchev–Trinajstić information content (AvgIpc) is 2.57. The normalized spacial score (nSPS) is 10.2. The van der Waals surface area contributed by atoms with E-state index in [4.69, 9.17) is 0 Å². The van der Waals surface area contributed by atoms with Gasteiger partial charge in [-0.2, -0.15) is 0 Å². The zero-order valence-corrected chi connectivity index (χ0v) is 14.0. The van der Waals surface area contributed by atoms with Crippen molar-refractivity contribution in [1.29, 1.82) is 0 Å². The quantitative estimate of drug-likeness (QED) is 0.763. The number of unbranched alkanes of at least 4 members (excludes halogenated alkanes) is 1. The lowest BCUT2D eigenvalue weighted by Crippen LogP contribution is -2.27. The third kappa shape index (κ3) is 5.46. The van der Waals surface area contributed by atoms with Crippen LogP contribution in [-0.2, 0) is 0 Å². The Hall–Kier alpha value is -2.76. The van der Waals surface area contributed by atoms with Crippen LogP contribution in [0.25, 0.3) is 0 Å². The molecule has 0 atom stereocenters. The molecule has 0 radical (unpaired) electrons. The van der Waals surface area contributed by atoms with E-state index in [9.17, 15) is 9.59 Å². The number of hydrogen-bond acceptors (Lipinski definition) is 4. The second-order valence-corrected chi connectivity index (χ2v) is 5.59. The summed E-state index contributed by atoms with van der Waals surface area (Å²) in [6, 6.07) is 6.90. The largest absolute Gasteiger partial charge is 0.352 e. The minimum atomic E-state index is -0.100. The highest BCUT2D eigenvalue weighted by atomic mass is 16.2. The molecule has 0 aliphatic heterocycles. The smallest absolute Gasteiger partial charge is 0.251 e. The van der Waals surface area contributed by atoms with Crippen LogP contribution < -0.4 is 10.6 Å². The van der Waals surface area contributed by atoms with Gasteiger partial charge in [0.25, 0.3) is 11.8 Å². The summed E-state index contributed by atoms with van der Waals surface area (Å²) in [7, 11) is 0. The van der Waals surface area contributed by atoms with Gasteiger partial charge in [0.05, 0.1) is 0 Å². The fourth-order valence-corrected chi connectivity index (χ4v) is 2.23. The number of amides is 2. The summed E-state index contributed by atoms with van der Waals surface area (Å²) >= 11 is 0. The molecule has 24 heavy (non-hydrogen) atoms. The van der Waals surface area contributed by atoms with Gasteiger partial charge in [0.15, 0.2) is 0 Å². The molecule has 0 saturated heterocycles. The highest BCUT2D eigenvalue weighted by Gasteiger charge is 2.06. The number of pyridine rings is 2. The predicted octanol–water partition coefficient (Wildman–Crippen LogP) is 2.03. The average molecular weight is 326 g/mol. The number of nitrogens with one attached hydrogen (secondary N) is 2. The van der Waals surface area contributed by atoms with Crippen molar-refractivity contribution in [2.24, 2.45) is 0 Å². The number of carbonyl (C=O) groups excluding carboxylic acids is 2. The Labute approximate surface area is 141 Å². The van der Waals surface area contributed by atoms with Gasteiger partial charge in [-0.05, 0) is 51.0 Å². The first-order valence-corrected chi connectivity index (χ1v) is 7.98. The van der Waals surface area contributed by atoms with Gasteiger partial charge in [-0.1, -0.05) is 0 Å². The van der Waals surface area contributed by atoms with Crippen molar-refractivity contribution in [3.63, 3.8) is 0 Å². The molecule has 2 aromatic heterocycles. The van der Waals surface area contributed by atoms with E-state index < -0.39 is 0 Å². The Kier molecular flexibility index (Phi) is 6.42. The molecule has 6 heteroatoms. The summed E-state index contributed by atoms with van der Waals surface area (Å²) in [5.74, 6) is -0.200. The van der Waals surface area contributed by atoms with Gasteiger partial charge < -0.3 is 10.6 Å². The number of nitrogens with zero attached hydrogens (tertiary/aromatic N) is 2.